The summed E-state index contributed by atoms with van der Waals surface area (Å²) in [6.07, 6.45) is 0. The van der Waals surface area contributed by atoms with E-state index in [9.17, 15) is 9.59 Å². The Morgan fingerprint density at radius 1 is 1.41 bits per heavy atom. The lowest BCUT2D eigenvalue weighted by molar-refractivity contribution is -0.133. The third-order valence-corrected chi connectivity index (χ3v) is 3.81. The lowest BCUT2D eigenvalue weighted by atomic mass is 10.3. The van der Waals surface area contributed by atoms with Crippen LogP contribution in [0.4, 0.5) is 5.69 Å². The summed E-state index contributed by atoms with van der Waals surface area (Å²) in [6.45, 7) is 0. The Morgan fingerprint density at radius 2 is 2.12 bits per heavy atom. The Bertz CT molecular complexity index is 442. The maximum absolute atomic E-state index is 11.4. The first-order valence-corrected chi connectivity index (χ1v) is 6.86. The molecule has 0 saturated carbocycles. The van der Waals surface area contributed by atoms with Gasteiger partial charge in [-0.15, -0.1) is 11.8 Å². The molecule has 0 radical (unpaired) electrons. The molecular weight excluding hydrogens is 330 g/mol. The highest BCUT2D eigenvalue weighted by atomic mass is 79.9. The molecule has 0 aromatic heterocycles. The highest BCUT2D eigenvalue weighted by molar-refractivity contribution is 9.10. The Morgan fingerprint density at radius 3 is 2.71 bits per heavy atom. The molecule has 1 aromatic carbocycles. The number of carbonyl (C=O) groups excluding carboxylic acids is 1. The van der Waals surface area contributed by atoms with Gasteiger partial charge in [-0.05, 0) is 34.1 Å². The van der Waals surface area contributed by atoms with Crippen LogP contribution in [-0.2, 0) is 9.59 Å². The number of thioether (sulfide) groups is 1. The molecule has 0 fully saturated rings. The van der Waals surface area contributed by atoms with E-state index in [1.54, 1.807) is 18.2 Å². The van der Waals surface area contributed by atoms with Gasteiger partial charge in [-0.3, -0.25) is 9.59 Å². The number of hydrogen-bond donors (Lipinski definition) is 2. The highest BCUT2D eigenvalue weighted by Gasteiger charge is 2.06. The molecule has 0 spiro atoms. The first-order chi connectivity index (χ1) is 7.99. The van der Waals surface area contributed by atoms with E-state index in [4.69, 9.17) is 16.7 Å². The van der Waals surface area contributed by atoms with Crippen LogP contribution in [0.15, 0.2) is 22.7 Å². The second kappa shape index (κ2) is 6.88. The predicted octanol–water partition coefficient (Wildman–Crippen LogP) is 2.86. The number of carboxylic acid groups (broad SMARTS) is 1. The molecule has 1 aromatic rings. The molecule has 0 aliphatic carbocycles. The molecule has 0 saturated heterocycles. The summed E-state index contributed by atoms with van der Waals surface area (Å²) in [5.74, 6) is -1.18. The lowest BCUT2D eigenvalue weighted by Crippen LogP contribution is -2.15. The van der Waals surface area contributed by atoms with Crippen LogP contribution < -0.4 is 5.32 Å². The van der Waals surface area contributed by atoms with E-state index < -0.39 is 5.97 Å². The van der Waals surface area contributed by atoms with Gasteiger partial charge in [0.2, 0.25) is 5.91 Å². The number of nitrogens with one attached hydrogen (secondary N) is 1. The molecule has 0 heterocycles. The van der Waals surface area contributed by atoms with Gasteiger partial charge in [0.1, 0.15) is 0 Å². The molecule has 0 bridgehead atoms. The maximum atomic E-state index is 11.4. The number of carboxylic acids is 1. The molecule has 17 heavy (non-hydrogen) atoms. The summed E-state index contributed by atoms with van der Waals surface area (Å²) in [4.78, 5) is 21.7. The van der Waals surface area contributed by atoms with Crippen molar-refractivity contribution in [3.63, 3.8) is 0 Å². The van der Waals surface area contributed by atoms with Crippen molar-refractivity contribution in [1.29, 1.82) is 0 Å². The van der Waals surface area contributed by atoms with Gasteiger partial charge in [0, 0.05) is 10.2 Å². The topological polar surface area (TPSA) is 66.4 Å². The molecular formula is C10H9BrClNO3S. The van der Waals surface area contributed by atoms with Crippen LogP contribution in [0.3, 0.4) is 0 Å². The van der Waals surface area contributed by atoms with Crippen molar-refractivity contribution < 1.29 is 14.7 Å². The Labute approximate surface area is 116 Å². The Balaban J connectivity index is 2.45. The zero-order chi connectivity index (χ0) is 12.8. The van der Waals surface area contributed by atoms with Crippen molar-refractivity contribution in [2.24, 2.45) is 0 Å². The maximum Gasteiger partial charge on any atom is 0.313 e. The number of anilines is 1. The first-order valence-electron chi connectivity index (χ1n) is 4.53. The molecule has 92 valence electrons. The van der Waals surface area contributed by atoms with Gasteiger partial charge in [0.05, 0.1) is 16.5 Å². The van der Waals surface area contributed by atoms with Crippen LogP contribution in [-0.4, -0.2) is 28.5 Å². The summed E-state index contributed by atoms with van der Waals surface area (Å²) in [5.41, 5.74) is 0.583. The molecule has 0 aliphatic heterocycles. The van der Waals surface area contributed by atoms with Crippen molar-refractivity contribution in [3.8, 4) is 0 Å². The van der Waals surface area contributed by atoms with Gasteiger partial charge >= 0.3 is 5.97 Å². The summed E-state index contributed by atoms with van der Waals surface area (Å²) in [5, 5.41) is 11.5. The summed E-state index contributed by atoms with van der Waals surface area (Å²) < 4.78 is 0.748. The lowest BCUT2D eigenvalue weighted by Gasteiger charge is -2.05. The van der Waals surface area contributed by atoms with E-state index in [1.807, 2.05) is 0 Å². The Hall–Kier alpha value is -0.720. The van der Waals surface area contributed by atoms with E-state index in [0.29, 0.717) is 10.7 Å². The van der Waals surface area contributed by atoms with E-state index in [0.717, 1.165) is 16.2 Å². The minimum atomic E-state index is -0.936. The highest BCUT2D eigenvalue weighted by Crippen LogP contribution is 2.25. The fraction of sp³-hybridized carbons (Fsp3) is 0.200. The second-order valence-electron chi connectivity index (χ2n) is 3.06. The number of rotatable bonds is 5. The van der Waals surface area contributed by atoms with Crippen LogP contribution in [0.25, 0.3) is 0 Å². The number of aliphatic carboxylic acids is 1. The van der Waals surface area contributed by atoms with Crippen LogP contribution in [0.2, 0.25) is 5.02 Å². The number of carbonyl (C=O) groups is 2. The smallest absolute Gasteiger partial charge is 0.313 e. The number of amides is 1. The fourth-order valence-corrected chi connectivity index (χ4v) is 1.96. The summed E-state index contributed by atoms with van der Waals surface area (Å²) in [7, 11) is 0. The molecule has 0 unspecified atom stereocenters. The van der Waals surface area contributed by atoms with Gasteiger partial charge < -0.3 is 10.4 Å². The van der Waals surface area contributed by atoms with Crippen molar-refractivity contribution in [1.82, 2.24) is 0 Å². The second-order valence-corrected chi connectivity index (χ2v) is 5.31. The molecule has 1 amide bonds. The van der Waals surface area contributed by atoms with Gasteiger partial charge in [0.15, 0.2) is 0 Å². The minimum absolute atomic E-state index is 0.0888. The SMILES string of the molecule is O=C(O)CSCC(=O)Nc1ccc(Br)c(Cl)c1. The third-order valence-electron chi connectivity index (χ3n) is 1.66. The predicted molar refractivity (Wildman–Crippen MR) is 72.7 cm³/mol. The normalized spacial score (nSPS) is 10.0. The standard InChI is InChI=1S/C10H9BrClNO3S/c11-7-2-1-6(3-8(7)12)13-9(14)4-17-5-10(15)16/h1-3H,4-5H2,(H,13,14)(H,15,16). The van der Waals surface area contributed by atoms with Gasteiger partial charge in [-0.25, -0.2) is 0 Å². The van der Waals surface area contributed by atoms with E-state index in [2.05, 4.69) is 21.2 Å². The number of benzene rings is 1. The van der Waals surface area contributed by atoms with Crippen LogP contribution in [0.5, 0.6) is 0 Å². The zero-order valence-corrected chi connectivity index (χ0v) is 11.7. The van der Waals surface area contributed by atoms with E-state index in [1.165, 1.54) is 0 Å². The summed E-state index contributed by atoms with van der Waals surface area (Å²) >= 11 is 10.1. The van der Waals surface area contributed by atoms with Crippen molar-refractivity contribution >= 4 is 56.9 Å². The zero-order valence-electron chi connectivity index (χ0n) is 8.57. The molecule has 2 N–H and O–H groups in total. The molecule has 0 aliphatic rings. The third kappa shape index (κ3) is 5.43. The summed E-state index contributed by atoms with van der Waals surface area (Å²) in [6, 6.07) is 5.05. The van der Waals surface area contributed by atoms with Gasteiger partial charge in [-0.1, -0.05) is 11.6 Å². The van der Waals surface area contributed by atoms with Crippen molar-refractivity contribution in [2.75, 3.05) is 16.8 Å². The number of hydrogen-bond acceptors (Lipinski definition) is 3. The average Bonchev–Trinajstić information content (AvgIpc) is 2.23. The molecule has 1 rings (SSSR count). The van der Waals surface area contributed by atoms with Crippen LogP contribution >= 0.6 is 39.3 Å². The van der Waals surface area contributed by atoms with Crippen LogP contribution in [0, 0.1) is 0 Å². The van der Waals surface area contributed by atoms with Gasteiger partial charge in [0.25, 0.3) is 0 Å². The van der Waals surface area contributed by atoms with Crippen LogP contribution in [0.1, 0.15) is 0 Å². The molecule has 4 nitrogen and oxygen atoms in total. The fourth-order valence-electron chi connectivity index (χ4n) is 1.00. The van der Waals surface area contributed by atoms with Gasteiger partial charge in [-0.2, -0.15) is 0 Å². The first kappa shape index (κ1) is 14.3. The molecule has 0 atom stereocenters. The average molecular weight is 339 g/mol. The van der Waals surface area contributed by atoms with Crippen molar-refractivity contribution in [2.45, 2.75) is 0 Å². The Kier molecular flexibility index (Phi) is 5.80. The molecule has 7 heteroatoms. The van der Waals surface area contributed by atoms with Crippen molar-refractivity contribution in [3.05, 3.63) is 27.7 Å². The van der Waals surface area contributed by atoms with E-state index in [-0.39, 0.29) is 17.4 Å². The minimum Gasteiger partial charge on any atom is -0.481 e. The monoisotopic (exact) mass is 337 g/mol. The quantitative estimate of drug-likeness (QED) is 0.866. The largest absolute Gasteiger partial charge is 0.481 e. The number of halogens is 2. The van der Waals surface area contributed by atoms with E-state index >= 15 is 0 Å².